The minimum atomic E-state index is 0.0998. The van der Waals surface area contributed by atoms with E-state index in [1.54, 1.807) is 0 Å². The van der Waals surface area contributed by atoms with Crippen LogP contribution in [0.5, 0.6) is 0 Å². The zero-order valence-electron chi connectivity index (χ0n) is 13.3. The molecule has 126 valence electrons. The van der Waals surface area contributed by atoms with E-state index in [0.29, 0.717) is 0 Å². The highest BCUT2D eigenvalue weighted by molar-refractivity contribution is 9.10. The Bertz CT molecular complexity index is 712. The number of nitrogens with one attached hydrogen (secondary N) is 1. The fourth-order valence-corrected chi connectivity index (χ4v) is 3.90. The molecule has 2 aromatic carbocycles. The minimum absolute atomic E-state index is 0.0998. The summed E-state index contributed by atoms with van der Waals surface area (Å²) in [6, 6.07) is 16.2. The van der Waals surface area contributed by atoms with Crippen LogP contribution >= 0.6 is 31.9 Å². The van der Waals surface area contributed by atoms with Crippen LogP contribution in [0.4, 0.5) is 5.69 Å². The minimum Gasteiger partial charge on any atom is -0.326 e. The molecule has 0 unspecified atom stereocenters. The van der Waals surface area contributed by atoms with Crippen LogP contribution in [0.25, 0.3) is 0 Å². The molecule has 1 saturated heterocycles. The first-order valence-electron chi connectivity index (χ1n) is 8.13. The molecule has 0 aromatic heterocycles. The zero-order valence-corrected chi connectivity index (χ0v) is 16.5. The van der Waals surface area contributed by atoms with Gasteiger partial charge in [0.2, 0.25) is 5.91 Å². The number of rotatable bonds is 4. The van der Waals surface area contributed by atoms with Gasteiger partial charge in [-0.2, -0.15) is 0 Å². The summed E-state index contributed by atoms with van der Waals surface area (Å²) in [5.41, 5.74) is 2.16. The lowest BCUT2D eigenvalue weighted by Crippen LogP contribution is -2.37. The van der Waals surface area contributed by atoms with Gasteiger partial charge in [0.25, 0.3) is 0 Å². The van der Waals surface area contributed by atoms with Crippen LogP contribution in [0.1, 0.15) is 18.4 Å². The highest BCUT2D eigenvalue weighted by Gasteiger charge is 2.25. The lowest BCUT2D eigenvalue weighted by molar-refractivity contribution is -0.121. The van der Waals surface area contributed by atoms with Crippen LogP contribution < -0.4 is 5.32 Å². The third-order valence-electron chi connectivity index (χ3n) is 4.35. The summed E-state index contributed by atoms with van der Waals surface area (Å²) in [5, 5.41) is 3.03. The van der Waals surface area contributed by atoms with E-state index in [1.807, 2.05) is 30.3 Å². The van der Waals surface area contributed by atoms with E-state index < -0.39 is 0 Å². The summed E-state index contributed by atoms with van der Waals surface area (Å²) in [7, 11) is 0. The van der Waals surface area contributed by atoms with Crippen molar-refractivity contribution in [2.45, 2.75) is 19.4 Å². The number of anilines is 1. The van der Waals surface area contributed by atoms with Crippen LogP contribution in [0.15, 0.2) is 57.5 Å². The Kier molecular flexibility index (Phi) is 6.09. The third-order valence-corrected chi connectivity index (χ3v) is 5.33. The van der Waals surface area contributed by atoms with Crippen LogP contribution in [-0.4, -0.2) is 23.9 Å². The van der Waals surface area contributed by atoms with Crippen LogP contribution in [0, 0.1) is 5.92 Å². The van der Waals surface area contributed by atoms with Gasteiger partial charge in [-0.3, -0.25) is 9.69 Å². The van der Waals surface area contributed by atoms with E-state index in [2.05, 4.69) is 60.3 Å². The predicted octanol–water partition coefficient (Wildman–Crippen LogP) is 5.06. The molecule has 0 aliphatic carbocycles. The van der Waals surface area contributed by atoms with Crippen molar-refractivity contribution in [2.75, 3.05) is 18.4 Å². The molecule has 24 heavy (non-hydrogen) atoms. The lowest BCUT2D eigenvalue weighted by atomic mass is 9.95. The molecule has 3 rings (SSSR count). The van der Waals surface area contributed by atoms with Gasteiger partial charge >= 0.3 is 0 Å². The first-order chi connectivity index (χ1) is 11.6. The molecule has 1 fully saturated rings. The maximum atomic E-state index is 12.4. The Labute approximate surface area is 159 Å². The summed E-state index contributed by atoms with van der Waals surface area (Å²) in [6.45, 7) is 2.87. The lowest BCUT2D eigenvalue weighted by Gasteiger charge is -2.31. The molecular formula is C19H20Br2N2O. The van der Waals surface area contributed by atoms with Crippen molar-refractivity contribution in [3.63, 3.8) is 0 Å². The number of amides is 1. The molecular weight excluding hydrogens is 432 g/mol. The fourth-order valence-electron chi connectivity index (χ4n) is 3.06. The van der Waals surface area contributed by atoms with Crippen LogP contribution in [0.2, 0.25) is 0 Å². The average molecular weight is 452 g/mol. The van der Waals surface area contributed by atoms with Crippen molar-refractivity contribution in [1.29, 1.82) is 0 Å². The largest absolute Gasteiger partial charge is 0.326 e. The molecule has 0 spiro atoms. The molecule has 0 bridgehead atoms. The molecule has 1 N–H and O–H groups in total. The summed E-state index contributed by atoms with van der Waals surface area (Å²) in [6.07, 6.45) is 1.82. The number of carbonyl (C=O) groups excluding carboxylic acids is 1. The first-order valence-corrected chi connectivity index (χ1v) is 9.72. The van der Waals surface area contributed by atoms with Gasteiger partial charge in [-0.1, -0.05) is 50.1 Å². The number of nitrogens with zero attached hydrogens (tertiary/aromatic N) is 1. The van der Waals surface area contributed by atoms with Crippen molar-refractivity contribution >= 4 is 43.5 Å². The van der Waals surface area contributed by atoms with Gasteiger partial charge in [-0.25, -0.2) is 0 Å². The summed E-state index contributed by atoms with van der Waals surface area (Å²) >= 11 is 6.95. The first kappa shape index (κ1) is 17.6. The molecule has 5 heteroatoms. The quantitative estimate of drug-likeness (QED) is 0.704. The van der Waals surface area contributed by atoms with Gasteiger partial charge < -0.3 is 5.32 Å². The summed E-state index contributed by atoms with van der Waals surface area (Å²) in [5.74, 6) is 0.234. The van der Waals surface area contributed by atoms with Crippen molar-refractivity contribution in [3.05, 3.63) is 63.0 Å². The molecule has 2 aromatic rings. The van der Waals surface area contributed by atoms with Crippen molar-refractivity contribution in [2.24, 2.45) is 5.92 Å². The average Bonchev–Trinajstić information content (AvgIpc) is 2.55. The normalized spacial score (nSPS) is 16.1. The smallest absolute Gasteiger partial charge is 0.227 e. The summed E-state index contributed by atoms with van der Waals surface area (Å²) in [4.78, 5) is 14.9. The molecule has 0 radical (unpaired) electrons. The number of piperidine rings is 1. The number of hydrogen-bond acceptors (Lipinski definition) is 2. The zero-order chi connectivity index (χ0) is 16.9. The predicted molar refractivity (Wildman–Crippen MR) is 105 cm³/mol. The molecule has 3 nitrogen and oxygen atoms in total. The Morgan fingerprint density at radius 2 is 1.71 bits per heavy atom. The number of hydrogen-bond donors (Lipinski definition) is 1. The Hall–Kier alpha value is -1.17. The number of halogens is 2. The standard InChI is InChI=1S/C19H20Br2N2O/c20-16-4-1-3-14(11-16)13-23-9-7-15(8-10-23)19(24)22-18-6-2-5-17(21)12-18/h1-6,11-12,15H,7-10,13H2,(H,22,24). The van der Waals surface area contributed by atoms with Crippen molar-refractivity contribution < 1.29 is 4.79 Å². The SMILES string of the molecule is O=C(Nc1cccc(Br)c1)C1CCN(Cc2cccc(Br)c2)CC1. The number of likely N-dealkylation sites (tertiary alicyclic amines) is 1. The Morgan fingerprint density at radius 3 is 2.38 bits per heavy atom. The van der Waals surface area contributed by atoms with E-state index in [1.165, 1.54) is 5.56 Å². The fraction of sp³-hybridized carbons (Fsp3) is 0.316. The molecule has 1 heterocycles. The molecule has 1 amide bonds. The van der Waals surface area contributed by atoms with Crippen LogP contribution in [0.3, 0.4) is 0 Å². The van der Waals surface area contributed by atoms with Gasteiger partial charge in [0.05, 0.1) is 0 Å². The van der Waals surface area contributed by atoms with Gasteiger partial charge in [0.15, 0.2) is 0 Å². The second kappa shape index (κ2) is 8.28. The van der Waals surface area contributed by atoms with E-state index >= 15 is 0 Å². The van der Waals surface area contributed by atoms with Crippen LogP contribution in [-0.2, 0) is 11.3 Å². The van der Waals surface area contributed by atoms with Crippen molar-refractivity contribution in [3.8, 4) is 0 Å². The van der Waals surface area contributed by atoms with E-state index in [-0.39, 0.29) is 11.8 Å². The number of benzene rings is 2. The molecule has 0 saturated carbocycles. The molecule has 0 atom stereocenters. The topological polar surface area (TPSA) is 32.3 Å². The second-order valence-electron chi connectivity index (χ2n) is 6.18. The second-order valence-corrected chi connectivity index (χ2v) is 8.01. The van der Waals surface area contributed by atoms with E-state index in [9.17, 15) is 4.79 Å². The molecule has 1 aliphatic rings. The highest BCUT2D eigenvalue weighted by Crippen LogP contribution is 2.23. The maximum absolute atomic E-state index is 12.4. The highest BCUT2D eigenvalue weighted by atomic mass is 79.9. The maximum Gasteiger partial charge on any atom is 0.227 e. The summed E-state index contributed by atoms with van der Waals surface area (Å²) < 4.78 is 2.09. The van der Waals surface area contributed by atoms with Gasteiger partial charge in [-0.05, 0) is 61.8 Å². The van der Waals surface area contributed by atoms with E-state index in [0.717, 1.165) is 47.1 Å². The van der Waals surface area contributed by atoms with Gasteiger partial charge in [0.1, 0.15) is 0 Å². The monoisotopic (exact) mass is 450 g/mol. The number of carbonyl (C=O) groups is 1. The van der Waals surface area contributed by atoms with Crippen molar-refractivity contribution in [1.82, 2.24) is 4.90 Å². The Balaban J connectivity index is 1.50. The van der Waals surface area contributed by atoms with Gasteiger partial charge in [-0.15, -0.1) is 0 Å². The third kappa shape index (κ3) is 4.91. The Morgan fingerprint density at radius 1 is 1.04 bits per heavy atom. The van der Waals surface area contributed by atoms with E-state index in [4.69, 9.17) is 0 Å². The molecule has 1 aliphatic heterocycles. The van der Waals surface area contributed by atoms with Gasteiger partial charge in [0, 0.05) is 27.1 Å².